The van der Waals surface area contributed by atoms with Crippen molar-refractivity contribution in [3.05, 3.63) is 95.8 Å². The molecule has 0 saturated heterocycles. The smallest absolute Gasteiger partial charge is 0.294 e. The van der Waals surface area contributed by atoms with Crippen LogP contribution >= 0.6 is 12.0 Å². The van der Waals surface area contributed by atoms with Crippen LogP contribution in [-0.4, -0.2) is 74.8 Å². The van der Waals surface area contributed by atoms with E-state index in [4.69, 9.17) is 9.81 Å². The zero-order valence-corrected chi connectivity index (χ0v) is 33.1. The summed E-state index contributed by atoms with van der Waals surface area (Å²) in [6.07, 6.45) is 14.8. The molecule has 0 amide bonds. The molecule has 2 aromatic carbocycles. The monoisotopic (exact) mass is 814 g/mol. The molecule has 53 heavy (non-hydrogen) atoms. The molecule has 2 heterocycles. The lowest BCUT2D eigenvalue weighted by Gasteiger charge is -2.32. The molecule has 4 rings (SSSR count). The Bertz CT molecular complexity index is 2090. The van der Waals surface area contributed by atoms with E-state index in [0.29, 0.717) is 42.8 Å². The lowest BCUT2D eigenvalue weighted by atomic mass is 9.80. The summed E-state index contributed by atoms with van der Waals surface area (Å²) in [7, 11) is -12.6. The van der Waals surface area contributed by atoms with Crippen molar-refractivity contribution in [2.75, 3.05) is 34.4 Å². The van der Waals surface area contributed by atoms with Crippen LogP contribution in [0.1, 0.15) is 64.5 Å². The number of rotatable bonds is 18. The lowest BCUT2D eigenvalue weighted by molar-refractivity contribution is -0.432. The molecule has 0 spiro atoms. The molecule has 0 fully saturated rings. The molecule has 2 aromatic rings. The van der Waals surface area contributed by atoms with Gasteiger partial charge < -0.3 is 9.80 Å². The SMILES string of the molecule is CC1(C)\C(=C/C=C/C=C/C=C/C2N(CCCCS(=O)(=O)O)c3ccc(SOOO)cc3C2(C)C)N(CCCCS(=O)(=O)O)c2ccc(S(=O)(=O)O)cc21. The summed E-state index contributed by atoms with van der Waals surface area (Å²) in [4.78, 5) is 4.67. The van der Waals surface area contributed by atoms with Crippen LogP contribution in [-0.2, 0) is 50.6 Å². The van der Waals surface area contributed by atoms with Gasteiger partial charge in [0.25, 0.3) is 30.4 Å². The topological polar surface area (TPSA) is 208 Å². The zero-order chi connectivity index (χ0) is 39.2. The number of hydrogen-bond donors (Lipinski definition) is 4. The Morgan fingerprint density at radius 1 is 0.755 bits per heavy atom. The molecule has 0 aliphatic carbocycles. The van der Waals surface area contributed by atoms with Crippen LogP contribution in [0.4, 0.5) is 11.4 Å². The maximum absolute atomic E-state index is 11.9. The lowest BCUT2D eigenvalue weighted by Crippen LogP contribution is -2.40. The first-order valence-corrected chi connectivity index (χ1v) is 22.1. The number of unbranched alkanes of at least 4 members (excludes halogenated alkanes) is 2. The summed E-state index contributed by atoms with van der Waals surface area (Å²) in [5.41, 5.74) is 3.18. The van der Waals surface area contributed by atoms with Crippen molar-refractivity contribution in [2.24, 2.45) is 0 Å². The number of allylic oxidation sites excluding steroid dienone is 7. The highest BCUT2D eigenvalue weighted by Crippen LogP contribution is 2.49. The minimum Gasteiger partial charge on any atom is -0.364 e. The fourth-order valence-electron chi connectivity index (χ4n) is 6.88. The molecule has 0 aromatic heterocycles. The van der Waals surface area contributed by atoms with Gasteiger partial charge in [0.1, 0.15) is 0 Å². The van der Waals surface area contributed by atoms with Gasteiger partial charge in [-0.3, -0.25) is 13.7 Å². The van der Waals surface area contributed by atoms with Crippen LogP contribution in [0, 0.1) is 0 Å². The third-order valence-electron chi connectivity index (χ3n) is 9.45. The van der Waals surface area contributed by atoms with Crippen molar-refractivity contribution in [3.8, 4) is 0 Å². The van der Waals surface area contributed by atoms with E-state index in [1.165, 1.54) is 12.1 Å². The zero-order valence-electron chi connectivity index (χ0n) is 29.8. The van der Waals surface area contributed by atoms with Gasteiger partial charge in [0, 0.05) is 45.9 Å². The molecule has 4 N–H and O–H groups in total. The van der Waals surface area contributed by atoms with E-state index in [1.54, 1.807) is 6.07 Å². The minimum absolute atomic E-state index is 0.117. The number of fused-ring (bicyclic) bond motifs is 2. The second-order valence-electron chi connectivity index (χ2n) is 13.9. The van der Waals surface area contributed by atoms with E-state index in [9.17, 15) is 34.4 Å². The predicted octanol–water partition coefficient (Wildman–Crippen LogP) is 6.51. The van der Waals surface area contributed by atoms with Gasteiger partial charge >= 0.3 is 0 Å². The molecule has 2 aliphatic heterocycles. The Labute approximate surface area is 316 Å². The van der Waals surface area contributed by atoms with Gasteiger partial charge in [-0.05, 0) is 79.3 Å². The first-order chi connectivity index (χ1) is 24.7. The number of nitrogens with zero attached hydrogens (tertiary/aromatic N) is 2. The molecule has 2 aliphatic rings. The highest BCUT2D eigenvalue weighted by atomic mass is 32.2. The van der Waals surface area contributed by atoms with E-state index in [-0.39, 0.29) is 34.3 Å². The Morgan fingerprint density at radius 3 is 1.98 bits per heavy atom. The average molecular weight is 815 g/mol. The summed E-state index contributed by atoms with van der Waals surface area (Å²) in [6, 6.07) is 9.99. The first-order valence-electron chi connectivity index (χ1n) is 16.7. The Kier molecular flexibility index (Phi) is 13.8. The van der Waals surface area contributed by atoms with Crippen molar-refractivity contribution in [3.63, 3.8) is 0 Å². The Hall–Kier alpha value is -3.04. The number of hydrogen-bond acceptors (Lipinski definition) is 12. The summed E-state index contributed by atoms with van der Waals surface area (Å²) < 4.78 is 102. The molecule has 1 unspecified atom stereocenters. The average Bonchev–Trinajstić information content (AvgIpc) is 3.39. The Balaban J connectivity index is 1.55. The summed E-state index contributed by atoms with van der Waals surface area (Å²) in [6.45, 7) is 9.01. The molecule has 0 bridgehead atoms. The van der Waals surface area contributed by atoms with Crippen molar-refractivity contribution in [2.45, 2.75) is 80.0 Å². The van der Waals surface area contributed by atoms with Crippen molar-refractivity contribution in [1.82, 2.24) is 0 Å². The standard InChI is InChI=1S/C35H46N2O12S4/c1-34(2)28-24-26(50-49-48-38)16-18-30(28)36(20-10-12-22-51(39,40)41)32(34)14-8-6-5-7-9-15-33-35(3,4)29-25-27(53(45,46)47)17-19-31(29)37(33)21-11-13-23-52(42,43)44/h5-9,14-19,24-25,32,38H,10-13,20-23H2,1-4H3,(H,39,40,41)(H,42,43,44)(H,45,46,47)/b6-5+,9-7+,14-8+,33-15+. The third kappa shape index (κ3) is 11.0. The quantitative estimate of drug-likeness (QED) is 0.0316. The van der Waals surface area contributed by atoms with Crippen LogP contribution in [0.2, 0.25) is 0 Å². The van der Waals surface area contributed by atoms with Crippen LogP contribution in [0.15, 0.2) is 94.4 Å². The molecule has 0 saturated carbocycles. The van der Waals surface area contributed by atoms with Gasteiger partial charge in [0.15, 0.2) is 0 Å². The van der Waals surface area contributed by atoms with Crippen LogP contribution in [0.3, 0.4) is 0 Å². The summed E-state index contributed by atoms with van der Waals surface area (Å²) in [5, 5.41) is 12.3. The summed E-state index contributed by atoms with van der Waals surface area (Å²) >= 11 is 0.860. The van der Waals surface area contributed by atoms with Crippen LogP contribution in [0.25, 0.3) is 0 Å². The van der Waals surface area contributed by atoms with Gasteiger partial charge in [-0.15, -0.1) is 4.33 Å². The molecular formula is C35H46N2O12S4. The van der Waals surface area contributed by atoms with E-state index < -0.39 is 35.8 Å². The number of anilines is 2. The normalized spacial score (nSPS) is 19.3. The molecule has 14 nitrogen and oxygen atoms in total. The molecule has 0 radical (unpaired) electrons. The van der Waals surface area contributed by atoms with Gasteiger partial charge in [0.05, 0.1) is 34.5 Å². The largest absolute Gasteiger partial charge is 0.364 e. The van der Waals surface area contributed by atoms with Crippen LogP contribution in [0.5, 0.6) is 0 Å². The summed E-state index contributed by atoms with van der Waals surface area (Å²) in [5.74, 6) is -0.696. The highest BCUT2D eigenvalue weighted by Gasteiger charge is 2.43. The van der Waals surface area contributed by atoms with Crippen LogP contribution < -0.4 is 9.80 Å². The fraction of sp³-hybridized carbons (Fsp3) is 0.429. The van der Waals surface area contributed by atoms with Crippen molar-refractivity contribution >= 4 is 53.8 Å². The minimum atomic E-state index is -4.44. The van der Waals surface area contributed by atoms with Gasteiger partial charge in [-0.2, -0.15) is 25.3 Å². The van der Waals surface area contributed by atoms with E-state index in [0.717, 1.165) is 34.7 Å². The van der Waals surface area contributed by atoms with E-state index in [2.05, 4.69) is 34.2 Å². The van der Waals surface area contributed by atoms with Gasteiger partial charge in [-0.25, -0.2) is 5.26 Å². The van der Waals surface area contributed by atoms with Crippen molar-refractivity contribution in [1.29, 1.82) is 0 Å². The number of benzene rings is 2. The third-order valence-corrected chi connectivity index (χ3v) is 12.5. The second-order valence-corrected chi connectivity index (χ2v) is 19.2. The maximum atomic E-state index is 11.9. The second kappa shape index (κ2) is 17.2. The maximum Gasteiger partial charge on any atom is 0.294 e. The molecule has 1 atom stereocenters. The molecular weight excluding hydrogens is 769 g/mol. The van der Waals surface area contributed by atoms with Crippen molar-refractivity contribution < 1.29 is 53.5 Å². The highest BCUT2D eigenvalue weighted by molar-refractivity contribution is 7.94. The molecule has 18 heteroatoms. The predicted molar refractivity (Wildman–Crippen MR) is 205 cm³/mol. The first kappa shape index (κ1) is 42.7. The van der Waals surface area contributed by atoms with Gasteiger partial charge in [-0.1, -0.05) is 69.2 Å². The van der Waals surface area contributed by atoms with E-state index in [1.807, 2.05) is 73.4 Å². The molecule has 292 valence electrons. The Morgan fingerprint density at radius 2 is 1.36 bits per heavy atom. The van der Waals surface area contributed by atoms with E-state index >= 15 is 0 Å². The fourth-order valence-corrected chi connectivity index (χ4v) is 8.92. The van der Waals surface area contributed by atoms with Gasteiger partial charge in [0.2, 0.25) is 0 Å².